The Bertz CT molecular complexity index is 749. The molecule has 3 rings (SSSR count). The van der Waals surface area contributed by atoms with Crippen molar-refractivity contribution in [1.82, 2.24) is 9.88 Å². The number of nitrogens with zero attached hydrogens (tertiary/aromatic N) is 1. The lowest BCUT2D eigenvalue weighted by Gasteiger charge is -2.07. The van der Waals surface area contributed by atoms with E-state index in [0.717, 1.165) is 5.69 Å². The van der Waals surface area contributed by atoms with Crippen LogP contribution in [0.5, 0.6) is 0 Å². The number of aromatic nitrogens is 1. The quantitative estimate of drug-likeness (QED) is 0.784. The number of nitrogens with one attached hydrogen (secondary N) is 1. The Morgan fingerprint density at radius 2 is 1.90 bits per heavy atom. The average Bonchev–Trinajstić information content (AvgIpc) is 3.16. The van der Waals surface area contributed by atoms with Gasteiger partial charge in [-0.1, -0.05) is 18.2 Å². The molecule has 3 nitrogen and oxygen atoms in total. The zero-order chi connectivity index (χ0) is 14.7. The summed E-state index contributed by atoms with van der Waals surface area (Å²) >= 11 is 1.37. The van der Waals surface area contributed by atoms with Crippen molar-refractivity contribution >= 4 is 17.2 Å². The van der Waals surface area contributed by atoms with Crippen molar-refractivity contribution in [2.75, 3.05) is 0 Å². The van der Waals surface area contributed by atoms with Crippen LogP contribution in [-0.2, 0) is 6.54 Å². The first kappa shape index (κ1) is 13.6. The molecule has 0 bridgehead atoms. The summed E-state index contributed by atoms with van der Waals surface area (Å²) in [7, 11) is 0. The van der Waals surface area contributed by atoms with E-state index < -0.39 is 0 Å². The Morgan fingerprint density at radius 3 is 2.67 bits per heavy atom. The average molecular weight is 300 g/mol. The molecule has 0 unspecified atom stereocenters. The molecule has 0 saturated carbocycles. The summed E-state index contributed by atoms with van der Waals surface area (Å²) in [6, 6.07) is 12.1. The number of carbonyl (C=O) groups is 1. The summed E-state index contributed by atoms with van der Waals surface area (Å²) < 4.78 is 15.4. The molecule has 0 aliphatic rings. The van der Waals surface area contributed by atoms with Gasteiger partial charge >= 0.3 is 0 Å². The van der Waals surface area contributed by atoms with Gasteiger partial charge in [0.15, 0.2) is 0 Å². The number of hydrogen-bond donors (Lipinski definition) is 1. The van der Waals surface area contributed by atoms with Crippen LogP contribution in [0.25, 0.3) is 5.69 Å². The van der Waals surface area contributed by atoms with Crippen molar-refractivity contribution in [3.05, 3.63) is 76.5 Å². The number of halogens is 1. The minimum Gasteiger partial charge on any atom is -0.347 e. The van der Waals surface area contributed by atoms with Gasteiger partial charge in [0.1, 0.15) is 10.7 Å². The highest BCUT2D eigenvalue weighted by atomic mass is 32.1. The fourth-order valence-corrected chi connectivity index (χ4v) is 2.87. The first-order valence-corrected chi connectivity index (χ1v) is 7.36. The second-order valence-corrected chi connectivity index (χ2v) is 5.42. The molecule has 0 radical (unpaired) electrons. The molecule has 106 valence electrons. The predicted molar refractivity (Wildman–Crippen MR) is 81.2 cm³/mol. The number of carbonyl (C=O) groups excluding carboxylic acids is 1. The zero-order valence-electron chi connectivity index (χ0n) is 11.1. The highest BCUT2D eigenvalue weighted by Gasteiger charge is 2.14. The van der Waals surface area contributed by atoms with Crippen LogP contribution < -0.4 is 5.32 Å². The first-order chi connectivity index (χ1) is 10.3. The van der Waals surface area contributed by atoms with Crippen LogP contribution in [0.1, 0.15) is 15.2 Å². The number of thiophene rings is 1. The summed E-state index contributed by atoms with van der Waals surface area (Å²) in [6.07, 6.45) is 3.77. The molecule has 3 aromatic rings. The van der Waals surface area contributed by atoms with Gasteiger partial charge in [0.05, 0.1) is 5.69 Å². The smallest absolute Gasteiger partial charge is 0.263 e. The van der Waals surface area contributed by atoms with Crippen molar-refractivity contribution < 1.29 is 9.18 Å². The Labute approximate surface area is 125 Å². The van der Waals surface area contributed by atoms with E-state index in [0.29, 0.717) is 10.4 Å². The normalized spacial score (nSPS) is 10.5. The molecule has 5 heteroatoms. The molecule has 1 amide bonds. The Balaban J connectivity index is 1.75. The van der Waals surface area contributed by atoms with Crippen LogP contribution in [0.15, 0.2) is 60.2 Å². The third-order valence-electron chi connectivity index (χ3n) is 3.13. The molecule has 0 atom stereocenters. The molecular formula is C16H13FN2OS. The van der Waals surface area contributed by atoms with Gasteiger partial charge in [-0.25, -0.2) is 4.39 Å². The molecule has 0 aliphatic heterocycles. The summed E-state index contributed by atoms with van der Waals surface area (Å²) in [5.74, 6) is -0.508. The molecule has 1 aromatic carbocycles. The summed E-state index contributed by atoms with van der Waals surface area (Å²) in [6.45, 7) is 0.175. The van der Waals surface area contributed by atoms with Crippen LogP contribution in [0, 0.1) is 5.82 Å². The molecule has 0 saturated heterocycles. The van der Waals surface area contributed by atoms with Crippen molar-refractivity contribution in [3.8, 4) is 5.69 Å². The lowest BCUT2D eigenvalue weighted by Crippen LogP contribution is -2.23. The molecule has 0 spiro atoms. The molecule has 1 N–H and O–H groups in total. The van der Waals surface area contributed by atoms with E-state index in [1.807, 2.05) is 40.5 Å². The third-order valence-corrected chi connectivity index (χ3v) is 4.03. The van der Waals surface area contributed by atoms with Crippen LogP contribution in [0.2, 0.25) is 0 Å². The van der Waals surface area contributed by atoms with Crippen LogP contribution in [0.3, 0.4) is 0 Å². The lowest BCUT2D eigenvalue weighted by atomic mass is 10.2. The van der Waals surface area contributed by atoms with Gasteiger partial charge in [-0.05, 0) is 29.6 Å². The van der Waals surface area contributed by atoms with Crippen LogP contribution >= 0.6 is 11.3 Å². The van der Waals surface area contributed by atoms with Crippen LogP contribution in [-0.4, -0.2) is 10.5 Å². The van der Waals surface area contributed by atoms with Gasteiger partial charge < -0.3 is 9.88 Å². The topological polar surface area (TPSA) is 34.0 Å². The van der Waals surface area contributed by atoms with Crippen molar-refractivity contribution in [2.45, 2.75) is 6.54 Å². The summed E-state index contributed by atoms with van der Waals surface area (Å²) in [4.78, 5) is 12.9. The van der Waals surface area contributed by atoms with E-state index in [4.69, 9.17) is 0 Å². The molecule has 0 fully saturated rings. The fraction of sp³-hybridized carbons (Fsp3) is 0.0625. The molecule has 2 heterocycles. The standard InChI is InChI=1S/C16H13FN2OS/c17-13-6-2-1-5-12(13)11-18-16(20)15-14(7-10-21-15)19-8-3-4-9-19/h1-10H,11H2,(H,18,20). The van der Waals surface area contributed by atoms with Gasteiger partial charge in [0, 0.05) is 24.5 Å². The van der Waals surface area contributed by atoms with Gasteiger partial charge in [0.2, 0.25) is 0 Å². The van der Waals surface area contributed by atoms with Gasteiger partial charge in [0.25, 0.3) is 5.91 Å². The largest absolute Gasteiger partial charge is 0.347 e. The monoisotopic (exact) mass is 300 g/mol. The second kappa shape index (κ2) is 5.93. The van der Waals surface area contributed by atoms with E-state index in [2.05, 4.69) is 5.32 Å². The maximum atomic E-state index is 13.5. The van der Waals surface area contributed by atoms with Gasteiger partial charge in [-0.2, -0.15) is 0 Å². The first-order valence-electron chi connectivity index (χ1n) is 6.48. The Hall–Kier alpha value is -2.40. The molecule has 0 aliphatic carbocycles. The zero-order valence-corrected chi connectivity index (χ0v) is 11.9. The minimum absolute atomic E-state index is 0.175. The predicted octanol–water partition coefficient (Wildman–Crippen LogP) is 3.61. The Kier molecular flexibility index (Phi) is 3.83. The second-order valence-electron chi connectivity index (χ2n) is 4.50. The number of rotatable bonds is 4. The van der Waals surface area contributed by atoms with Crippen molar-refractivity contribution in [2.24, 2.45) is 0 Å². The van der Waals surface area contributed by atoms with E-state index in [-0.39, 0.29) is 18.3 Å². The molecule has 21 heavy (non-hydrogen) atoms. The molecule has 2 aromatic heterocycles. The van der Waals surface area contributed by atoms with Crippen molar-refractivity contribution in [1.29, 1.82) is 0 Å². The highest BCUT2D eigenvalue weighted by Crippen LogP contribution is 2.21. The number of benzene rings is 1. The SMILES string of the molecule is O=C(NCc1ccccc1F)c1sccc1-n1cccc1. The summed E-state index contributed by atoms with van der Waals surface area (Å²) in [5, 5.41) is 4.63. The fourth-order valence-electron chi connectivity index (χ4n) is 2.07. The lowest BCUT2D eigenvalue weighted by molar-refractivity contribution is 0.0954. The van der Waals surface area contributed by atoms with E-state index in [1.165, 1.54) is 17.4 Å². The Morgan fingerprint density at radius 1 is 1.14 bits per heavy atom. The van der Waals surface area contributed by atoms with E-state index >= 15 is 0 Å². The van der Waals surface area contributed by atoms with Crippen LogP contribution in [0.4, 0.5) is 4.39 Å². The maximum Gasteiger partial charge on any atom is 0.263 e. The summed E-state index contributed by atoms with van der Waals surface area (Å²) in [5.41, 5.74) is 1.31. The number of hydrogen-bond acceptors (Lipinski definition) is 2. The number of amides is 1. The van der Waals surface area contributed by atoms with Gasteiger partial charge in [-0.3, -0.25) is 4.79 Å². The van der Waals surface area contributed by atoms with E-state index in [9.17, 15) is 9.18 Å². The molecular weight excluding hydrogens is 287 g/mol. The maximum absolute atomic E-state index is 13.5. The van der Waals surface area contributed by atoms with Crippen molar-refractivity contribution in [3.63, 3.8) is 0 Å². The highest BCUT2D eigenvalue weighted by molar-refractivity contribution is 7.12. The third kappa shape index (κ3) is 2.87. The van der Waals surface area contributed by atoms with E-state index in [1.54, 1.807) is 18.2 Å². The minimum atomic E-state index is -0.311. The van der Waals surface area contributed by atoms with Gasteiger partial charge in [-0.15, -0.1) is 11.3 Å².